The number of aryl methyl sites for hydroxylation is 1. The molecule has 0 fully saturated rings. The Morgan fingerprint density at radius 3 is 2.28 bits per heavy atom. The minimum atomic E-state index is -1.19. The van der Waals surface area contributed by atoms with Gasteiger partial charge in [-0.05, 0) is 32.4 Å². The van der Waals surface area contributed by atoms with Crippen molar-refractivity contribution in [3.63, 3.8) is 0 Å². The van der Waals surface area contributed by atoms with Crippen LogP contribution in [0.5, 0.6) is 0 Å². The van der Waals surface area contributed by atoms with Crippen molar-refractivity contribution < 1.29 is 14.3 Å². The number of carbonyl (C=O) groups excluding carboxylic acids is 2. The second-order valence-electron chi connectivity index (χ2n) is 4.77. The third-order valence-electron chi connectivity index (χ3n) is 3.01. The molecule has 1 aromatic rings. The van der Waals surface area contributed by atoms with Crippen LogP contribution in [-0.4, -0.2) is 26.0 Å². The van der Waals surface area contributed by atoms with Crippen molar-refractivity contribution in [1.82, 2.24) is 0 Å². The number of hydrogen-bond donors (Lipinski definition) is 0. The van der Waals surface area contributed by atoms with E-state index >= 15 is 0 Å². The number of hydrogen-bond acceptors (Lipinski definition) is 3. The van der Waals surface area contributed by atoms with Gasteiger partial charge < -0.3 is 9.64 Å². The Morgan fingerprint density at radius 1 is 1.22 bits per heavy atom. The molecule has 0 heterocycles. The lowest BCUT2D eigenvalue weighted by Gasteiger charge is -2.28. The molecule has 0 saturated carbocycles. The highest BCUT2D eigenvalue weighted by Gasteiger charge is 2.39. The number of esters is 1. The van der Waals surface area contributed by atoms with Gasteiger partial charge in [0, 0.05) is 12.7 Å². The number of ether oxygens (including phenoxy) is 1. The highest BCUT2D eigenvalue weighted by Crippen LogP contribution is 2.26. The number of anilines is 1. The van der Waals surface area contributed by atoms with E-state index in [9.17, 15) is 9.59 Å². The molecule has 98 valence electrons. The summed E-state index contributed by atoms with van der Waals surface area (Å²) in [6, 6.07) is 7.53. The summed E-state index contributed by atoms with van der Waals surface area (Å²) in [6.45, 7) is 5.05. The minimum absolute atomic E-state index is 0.288. The number of para-hydroxylation sites is 1. The van der Waals surface area contributed by atoms with E-state index in [0.717, 1.165) is 11.3 Å². The Kier molecular flexibility index (Phi) is 4.11. The van der Waals surface area contributed by atoms with E-state index < -0.39 is 11.4 Å². The summed E-state index contributed by atoms with van der Waals surface area (Å²) in [5, 5.41) is 0. The van der Waals surface area contributed by atoms with Gasteiger partial charge in [-0.25, -0.2) is 0 Å². The summed E-state index contributed by atoms with van der Waals surface area (Å²) < 4.78 is 4.67. The summed E-state index contributed by atoms with van der Waals surface area (Å²) in [5.41, 5.74) is 0.583. The smallest absolute Gasteiger partial charge is 0.320 e. The fraction of sp³-hybridized carbons (Fsp3) is 0.429. The summed E-state index contributed by atoms with van der Waals surface area (Å²) in [4.78, 5) is 25.5. The van der Waals surface area contributed by atoms with Crippen LogP contribution in [0.2, 0.25) is 0 Å². The maximum absolute atomic E-state index is 12.3. The molecule has 0 aromatic heterocycles. The number of rotatable bonds is 3. The molecule has 1 amide bonds. The number of nitrogens with zero attached hydrogens (tertiary/aromatic N) is 1. The number of methoxy groups -OCH3 is 1. The van der Waals surface area contributed by atoms with Gasteiger partial charge in [0.2, 0.25) is 5.91 Å². The van der Waals surface area contributed by atoms with Crippen LogP contribution < -0.4 is 4.90 Å². The maximum atomic E-state index is 12.3. The molecule has 1 aromatic carbocycles. The van der Waals surface area contributed by atoms with Crippen molar-refractivity contribution in [1.29, 1.82) is 0 Å². The van der Waals surface area contributed by atoms with Crippen LogP contribution in [0.25, 0.3) is 0 Å². The second-order valence-corrected chi connectivity index (χ2v) is 4.77. The molecule has 0 unspecified atom stereocenters. The predicted molar refractivity (Wildman–Crippen MR) is 70.4 cm³/mol. The molecule has 18 heavy (non-hydrogen) atoms. The number of benzene rings is 1. The van der Waals surface area contributed by atoms with E-state index in [1.165, 1.54) is 12.0 Å². The first-order valence-corrected chi connectivity index (χ1v) is 5.74. The largest absolute Gasteiger partial charge is 0.468 e. The average Bonchev–Trinajstić information content (AvgIpc) is 2.36. The molecule has 0 aliphatic heterocycles. The number of amides is 1. The van der Waals surface area contributed by atoms with E-state index in [1.54, 1.807) is 20.9 Å². The lowest BCUT2D eigenvalue weighted by molar-refractivity contribution is -0.155. The van der Waals surface area contributed by atoms with Gasteiger partial charge in [0.15, 0.2) is 0 Å². The second kappa shape index (κ2) is 5.21. The van der Waals surface area contributed by atoms with Gasteiger partial charge in [0.05, 0.1) is 7.11 Å². The van der Waals surface area contributed by atoms with E-state index in [1.807, 2.05) is 31.2 Å². The fourth-order valence-corrected chi connectivity index (χ4v) is 1.81. The van der Waals surface area contributed by atoms with Crippen molar-refractivity contribution >= 4 is 17.6 Å². The van der Waals surface area contributed by atoms with Gasteiger partial charge in [0.1, 0.15) is 5.41 Å². The molecular formula is C14H19NO3. The topological polar surface area (TPSA) is 46.6 Å². The Balaban J connectivity index is 3.05. The Morgan fingerprint density at radius 2 is 1.78 bits per heavy atom. The Hall–Kier alpha value is -1.84. The zero-order chi connectivity index (χ0) is 13.9. The molecule has 0 aliphatic carbocycles. The normalized spacial score (nSPS) is 10.9. The molecule has 0 aliphatic rings. The summed E-state index contributed by atoms with van der Waals surface area (Å²) >= 11 is 0. The molecule has 0 radical (unpaired) electrons. The fourth-order valence-electron chi connectivity index (χ4n) is 1.81. The van der Waals surface area contributed by atoms with Crippen molar-refractivity contribution in [3.05, 3.63) is 29.8 Å². The van der Waals surface area contributed by atoms with Crippen molar-refractivity contribution in [2.45, 2.75) is 20.8 Å². The van der Waals surface area contributed by atoms with Gasteiger partial charge in [-0.15, -0.1) is 0 Å². The maximum Gasteiger partial charge on any atom is 0.320 e. The van der Waals surface area contributed by atoms with Crippen LogP contribution in [-0.2, 0) is 14.3 Å². The van der Waals surface area contributed by atoms with E-state index in [-0.39, 0.29) is 5.91 Å². The molecule has 0 saturated heterocycles. The van der Waals surface area contributed by atoms with Crippen molar-refractivity contribution in [2.75, 3.05) is 19.1 Å². The number of carbonyl (C=O) groups is 2. The van der Waals surface area contributed by atoms with Gasteiger partial charge >= 0.3 is 5.97 Å². The third kappa shape index (κ3) is 2.53. The molecule has 0 atom stereocenters. The Labute approximate surface area is 108 Å². The highest BCUT2D eigenvalue weighted by molar-refractivity contribution is 6.09. The molecule has 0 bridgehead atoms. The first kappa shape index (κ1) is 14.2. The predicted octanol–water partition coefficient (Wildman–Crippen LogP) is 2.16. The lowest BCUT2D eigenvalue weighted by Crippen LogP contribution is -2.44. The Bertz CT molecular complexity index is 466. The summed E-state index contributed by atoms with van der Waals surface area (Å²) in [7, 11) is 2.94. The lowest BCUT2D eigenvalue weighted by atomic mass is 9.91. The van der Waals surface area contributed by atoms with Crippen molar-refractivity contribution in [3.8, 4) is 0 Å². The summed E-state index contributed by atoms with van der Waals surface area (Å²) in [6.07, 6.45) is 0. The quantitative estimate of drug-likeness (QED) is 0.609. The van der Waals surface area contributed by atoms with Gasteiger partial charge in [-0.3, -0.25) is 9.59 Å². The standard InChI is InChI=1S/C14H19NO3/c1-10-8-6-7-9-11(10)15(4)12(16)14(2,3)13(17)18-5/h6-9H,1-5H3. The molecule has 0 N–H and O–H groups in total. The zero-order valence-corrected chi connectivity index (χ0v) is 11.5. The molecule has 4 nitrogen and oxygen atoms in total. The van der Waals surface area contributed by atoms with Crippen LogP contribution in [0.4, 0.5) is 5.69 Å². The SMILES string of the molecule is COC(=O)C(C)(C)C(=O)N(C)c1ccccc1C. The van der Waals surface area contributed by atoms with Gasteiger partial charge in [-0.1, -0.05) is 18.2 Å². The van der Waals surface area contributed by atoms with Crippen LogP contribution in [0.1, 0.15) is 19.4 Å². The molecule has 0 spiro atoms. The van der Waals surface area contributed by atoms with Gasteiger partial charge in [-0.2, -0.15) is 0 Å². The van der Waals surface area contributed by atoms with Gasteiger partial charge in [0.25, 0.3) is 0 Å². The molecular weight excluding hydrogens is 230 g/mol. The van der Waals surface area contributed by atoms with E-state index in [2.05, 4.69) is 4.74 Å². The monoisotopic (exact) mass is 249 g/mol. The minimum Gasteiger partial charge on any atom is -0.468 e. The first-order valence-electron chi connectivity index (χ1n) is 5.74. The van der Waals surface area contributed by atoms with Crippen molar-refractivity contribution in [2.24, 2.45) is 5.41 Å². The van der Waals surface area contributed by atoms with E-state index in [0.29, 0.717) is 0 Å². The van der Waals surface area contributed by atoms with Crippen LogP contribution in [0, 0.1) is 12.3 Å². The average molecular weight is 249 g/mol. The highest BCUT2D eigenvalue weighted by atomic mass is 16.5. The van der Waals surface area contributed by atoms with Crippen LogP contribution >= 0.6 is 0 Å². The van der Waals surface area contributed by atoms with Crippen LogP contribution in [0.15, 0.2) is 24.3 Å². The molecule has 4 heteroatoms. The third-order valence-corrected chi connectivity index (χ3v) is 3.01. The molecule has 1 rings (SSSR count). The summed E-state index contributed by atoms with van der Waals surface area (Å²) in [5.74, 6) is -0.823. The zero-order valence-electron chi connectivity index (χ0n) is 11.5. The van der Waals surface area contributed by atoms with E-state index in [4.69, 9.17) is 0 Å². The van der Waals surface area contributed by atoms with Crippen LogP contribution in [0.3, 0.4) is 0 Å². The first-order chi connectivity index (χ1) is 8.32.